The normalized spacial score (nSPS) is 38.4. The summed E-state index contributed by atoms with van der Waals surface area (Å²) >= 11 is 0. The summed E-state index contributed by atoms with van der Waals surface area (Å²) < 4.78 is 11.5. The average Bonchev–Trinajstić information content (AvgIpc) is 2.77. The van der Waals surface area contributed by atoms with E-state index in [4.69, 9.17) is 15.2 Å². The van der Waals surface area contributed by atoms with Gasteiger partial charge in [-0.25, -0.2) is 0 Å². The lowest BCUT2D eigenvalue weighted by Crippen LogP contribution is -2.47. The molecular formula is C11H22N2O2. The Balaban J connectivity index is 1.90. The van der Waals surface area contributed by atoms with Gasteiger partial charge in [0.1, 0.15) is 0 Å². The topological polar surface area (TPSA) is 47.7 Å². The van der Waals surface area contributed by atoms with Gasteiger partial charge in [-0.15, -0.1) is 0 Å². The summed E-state index contributed by atoms with van der Waals surface area (Å²) in [5, 5.41) is 0. The zero-order valence-electron chi connectivity index (χ0n) is 9.52. The third-order valence-corrected chi connectivity index (χ3v) is 3.42. The van der Waals surface area contributed by atoms with Gasteiger partial charge in [-0.3, -0.25) is 4.90 Å². The van der Waals surface area contributed by atoms with Gasteiger partial charge in [0, 0.05) is 6.54 Å². The molecule has 0 aromatic carbocycles. The zero-order valence-corrected chi connectivity index (χ0v) is 9.52. The Labute approximate surface area is 91.7 Å². The lowest BCUT2D eigenvalue weighted by atomic mass is 10.0. The van der Waals surface area contributed by atoms with E-state index in [1.54, 1.807) is 0 Å². The van der Waals surface area contributed by atoms with Crippen molar-refractivity contribution in [2.24, 2.45) is 5.73 Å². The number of rotatable bonds is 3. The van der Waals surface area contributed by atoms with Gasteiger partial charge in [0.15, 0.2) is 6.29 Å². The lowest BCUT2D eigenvalue weighted by Gasteiger charge is -2.37. The van der Waals surface area contributed by atoms with Crippen molar-refractivity contribution >= 4 is 0 Å². The molecule has 3 atom stereocenters. The van der Waals surface area contributed by atoms with E-state index >= 15 is 0 Å². The van der Waals surface area contributed by atoms with Crippen LogP contribution in [0.5, 0.6) is 0 Å². The first-order valence-electron chi connectivity index (χ1n) is 6.06. The molecule has 2 rings (SSSR count). The van der Waals surface area contributed by atoms with Gasteiger partial charge < -0.3 is 15.2 Å². The molecule has 2 fully saturated rings. The van der Waals surface area contributed by atoms with Crippen molar-refractivity contribution in [3.05, 3.63) is 0 Å². The highest BCUT2D eigenvalue weighted by Crippen LogP contribution is 2.25. The van der Waals surface area contributed by atoms with Crippen molar-refractivity contribution in [1.82, 2.24) is 4.90 Å². The van der Waals surface area contributed by atoms with E-state index in [0.29, 0.717) is 19.2 Å². The second kappa shape index (κ2) is 5.25. The van der Waals surface area contributed by atoms with E-state index in [1.165, 1.54) is 25.8 Å². The fourth-order valence-electron chi connectivity index (χ4n) is 2.51. The number of piperidine rings is 1. The smallest absolute Gasteiger partial charge is 0.173 e. The third kappa shape index (κ3) is 2.50. The van der Waals surface area contributed by atoms with Crippen molar-refractivity contribution in [2.75, 3.05) is 26.2 Å². The van der Waals surface area contributed by atoms with Gasteiger partial charge in [0.25, 0.3) is 0 Å². The summed E-state index contributed by atoms with van der Waals surface area (Å²) in [7, 11) is 0. The number of ether oxygens (including phenoxy) is 2. The molecule has 2 aliphatic heterocycles. The number of likely N-dealkylation sites (N-methyl/N-ethyl adjacent to an activating group) is 1. The molecule has 2 heterocycles. The first kappa shape index (κ1) is 11.3. The zero-order chi connectivity index (χ0) is 10.7. The second-order valence-electron chi connectivity index (χ2n) is 4.39. The molecular weight excluding hydrogens is 192 g/mol. The Hall–Kier alpha value is -0.160. The maximum absolute atomic E-state index is 5.79. The van der Waals surface area contributed by atoms with Crippen LogP contribution in [0, 0.1) is 0 Å². The molecule has 15 heavy (non-hydrogen) atoms. The lowest BCUT2D eigenvalue weighted by molar-refractivity contribution is -0.117. The van der Waals surface area contributed by atoms with Gasteiger partial charge in [-0.1, -0.05) is 13.3 Å². The molecule has 2 saturated heterocycles. The van der Waals surface area contributed by atoms with Crippen LogP contribution in [0.1, 0.15) is 26.2 Å². The highest BCUT2D eigenvalue weighted by Gasteiger charge is 2.35. The number of likely N-dealkylation sites (tertiary alicyclic amines) is 1. The van der Waals surface area contributed by atoms with Crippen molar-refractivity contribution < 1.29 is 9.47 Å². The molecule has 0 amide bonds. The molecule has 0 radical (unpaired) electrons. The quantitative estimate of drug-likeness (QED) is 0.746. The fraction of sp³-hybridized carbons (Fsp3) is 1.00. The first-order chi connectivity index (χ1) is 7.35. The van der Waals surface area contributed by atoms with Crippen LogP contribution in [0.4, 0.5) is 0 Å². The van der Waals surface area contributed by atoms with Crippen LogP contribution in [0.2, 0.25) is 0 Å². The molecule has 0 bridgehead atoms. The minimum absolute atomic E-state index is 0.0428. The predicted octanol–water partition coefficient (Wildman–Crippen LogP) is 0.561. The van der Waals surface area contributed by atoms with E-state index < -0.39 is 0 Å². The summed E-state index contributed by atoms with van der Waals surface area (Å²) in [5.41, 5.74) is 5.57. The first-order valence-corrected chi connectivity index (χ1v) is 6.06. The van der Waals surface area contributed by atoms with Crippen LogP contribution in [-0.4, -0.2) is 49.6 Å². The second-order valence-corrected chi connectivity index (χ2v) is 4.39. The molecule has 0 aromatic heterocycles. The van der Waals surface area contributed by atoms with Crippen molar-refractivity contribution in [2.45, 2.75) is 44.6 Å². The highest BCUT2D eigenvalue weighted by atomic mass is 16.7. The molecule has 3 unspecified atom stereocenters. The predicted molar refractivity (Wildman–Crippen MR) is 58.6 cm³/mol. The van der Waals surface area contributed by atoms with Gasteiger partial charge in [0.2, 0.25) is 0 Å². The van der Waals surface area contributed by atoms with Crippen LogP contribution >= 0.6 is 0 Å². The van der Waals surface area contributed by atoms with Gasteiger partial charge >= 0.3 is 0 Å². The Kier molecular flexibility index (Phi) is 3.97. The van der Waals surface area contributed by atoms with Crippen molar-refractivity contribution in [3.63, 3.8) is 0 Å². The monoisotopic (exact) mass is 214 g/mol. The van der Waals surface area contributed by atoms with E-state index in [-0.39, 0.29) is 12.4 Å². The average molecular weight is 214 g/mol. The molecule has 4 nitrogen and oxygen atoms in total. The Morgan fingerprint density at radius 1 is 1.40 bits per heavy atom. The number of nitrogens with zero attached hydrogens (tertiary/aromatic N) is 1. The van der Waals surface area contributed by atoms with Crippen molar-refractivity contribution in [1.29, 1.82) is 0 Å². The van der Waals surface area contributed by atoms with Crippen LogP contribution in [0.15, 0.2) is 0 Å². The number of hydrogen-bond acceptors (Lipinski definition) is 4. The summed E-state index contributed by atoms with van der Waals surface area (Å²) in [6.07, 6.45) is 3.85. The summed E-state index contributed by atoms with van der Waals surface area (Å²) in [5.74, 6) is 0. The standard InChI is InChI=1S/C11H22N2O2/c1-2-13-6-4-3-5-10(13)11-14-8-9(7-12)15-11/h9-11H,2-8,12H2,1H3. The largest absolute Gasteiger partial charge is 0.348 e. The van der Waals surface area contributed by atoms with E-state index in [9.17, 15) is 0 Å². The molecule has 0 saturated carbocycles. The minimum Gasteiger partial charge on any atom is -0.348 e. The van der Waals surface area contributed by atoms with Crippen LogP contribution in [0.3, 0.4) is 0 Å². The minimum atomic E-state index is -0.0428. The van der Waals surface area contributed by atoms with Crippen LogP contribution in [0.25, 0.3) is 0 Å². The van der Waals surface area contributed by atoms with Gasteiger partial charge in [-0.05, 0) is 25.9 Å². The molecule has 0 aromatic rings. The number of nitrogens with two attached hydrogens (primary N) is 1. The van der Waals surface area contributed by atoms with E-state index in [1.807, 2.05) is 0 Å². The molecule has 0 aliphatic carbocycles. The van der Waals surface area contributed by atoms with Gasteiger partial charge in [-0.2, -0.15) is 0 Å². The summed E-state index contributed by atoms with van der Waals surface area (Å²) in [4.78, 5) is 2.47. The van der Waals surface area contributed by atoms with E-state index in [2.05, 4.69) is 11.8 Å². The Morgan fingerprint density at radius 3 is 2.93 bits per heavy atom. The molecule has 88 valence electrons. The molecule has 2 aliphatic rings. The molecule has 2 N–H and O–H groups in total. The van der Waals surface area contributed by atoms with Crippen molar-refractivity contribution in [3.8, 4) is 0 Å². The summed E-state index contributed by atoms with van der Waals surface area (Å²) in [6.45, 7) is 5.69. The summed E-state index contributed by atoms with van der Waals surface area (Å²) in [6, 6.07) is 0.445. The van der Waals surface area contributed by atoms with E-state index in [0.717, 1.165) is 6.54 Å². The molecule has 4 heteroatoms. The fourth-order valence-corrected chi connectivity index (χ4v) is 2.51. The maximum atomic E-state index is 5.79. The number of hydrogen-bond donors (Lipinski definition) is 1. The maximum Gasteiger partial charge on any atom is 0.173 e. The highest BCUT2D eigenvalue weighted by molar-refractivity contribution is 4.82. The van der Waals surface area contributed by atoms with Crippen LogP contribution < -0.4 is 5.73 Å². The Morgan fingerprint density at radius 2 is 2.27 bits per heavy atom. The third-order valence-electron chi connectivity index (χ3n) is 3.42. The van der Waals surface area contributed by atoms with Crippen LogP contribution in [-0.2, 0) is 9.47 Å². The van der Waals surface area contributed by atoms with Gasteiger partial charge in [0.05, 0.1) is 18.8 Å². The Bertz CT molecular complexity index is 201. The SMILES string of the molecule is CCN1CCCCC1C1OCC(CN)O1. The molecule has 0 spiro atoms.